The lowest BCUT2D eigenvalue weighted by Gasteiger charge is -2.17. The Hall–Kier alpha value is -3.66. The largest absolute Gasteiger partial charge is 0.462 e. The molecule has 1 heterocycles. The number of hydrogen-bond acceptors (Lipinski definition) is 2. The smallest absolute Gasteiger partial charge is 0.340 e. The van der Waals surface area contributed by atoms with Gasteiger partial charge in [-0.05, 0) is 60.2 Å². The van der Waals surface area contributed by atoms with Crippen LogP contribution in [0.25, 0.3) is 22.4 Å². The fourth-order valence-corrected chi connectivity index (χ4v) is 4.56. The fraction of sp³-hybridized carbons (Fsp3) is 0.233. The van der Waals surface area contributed by atoms with E-state index in [0.29, 0.717) is 18.7 Å². The molecular formula is C30H30FNO2. The number of benzene rings is 3. The van der Waals surface area contributed by atoms with Crippen LogP contribution in [0.2, 0.25) is 0 Å². The maximum absolute atomic E-state index is 13.9. The van der Waals surface area contributed by atoms with Crippen LogP contribution < -0.4 is 0 Å². The molecule has 0 saturated heterocycles. The minimum atomic E-state index is -0.327. The highest BCUT2D eigenvalue weighted by molar-refractivity contribution is 6.04. The number of hydrogen-bond donors (Lipinski definition) is 0. The van der Waals surface area contributed by atoms with Gasteiger partial charge in [0.2, 0.25) is 0 Å². The van der Waals surface area contributed by atoms with E-state index >= 15 is 0 Å². The molecule has 0 unspecified atom stereocenters. The molecule has 0 fully saturated rings. The second-order valence-electron chi connectivity index (χ2n) is 8.62. The van der Waals surface area contributed by atoms with Gasteiger partial charge in [0.1, 0.15) is 5.82 Å². The van der Waals surface area contributed by atoms with Crippen LogP contribution in [0.5, 0.6) is 0 Å². The van der Waals surface area contributed by atoms with Crippen molar-refractivity contribution >= 4 is 5.97 Å². The van der Waals surface area contributed by atoms with Crippen molar-refractivity contribution in [1.82, 2.24) is 4.57 Å². The molecule has 0 spiro atoms. The van der Waals surface area contributed by atoms with Crippen LogP contribution in [0.15, 0.2) is 84.9 Å². The van der Waals surface area contributed by atoms with Crippen LogP contribution in [0.3, 0.4) is 0 Å². The lowest BCUT2D eigenvalue weighted by Crippen LogP contribution is -2.13. The first-order valence-electron chi connectivity index (χ1n) is 11.8. The molecule has 0 N–H and O–H groups in total. The van der Waals surface area contributed by atoms with Crippen LogP contribution in [0, 0.1) is 5.82 Å². The summed E-state index contributed by atoms with van der Waals surface area (Å²) in [5, 5.41) is 0. The molecule has 0 saturated carbocycles. The number of carbonyl (C=O) groups excluding carboxylic acids is 1. The third-order valence-corrected chi connectivity index (χ3v) is 5.98. The molecule has 0 radical (unpaired) electrons. The molecule has 174 valence electrons. The van der Waals surface area contributed by atoms with Gasteiger partial charge in [-0.1, -0.05) is 74.5 Å². The van der Waals surface area contributed by atoms with Gasteiger partial charge in [0.15, 0.2) is 0 Å². The van der Waals surface area contributed by atoms with Crippen molar-refractivity contribution in [3.05, 3.63) is 108 Å². The zero-order valence-corrected chi connectivity index (χ0v) is 19.9. The van der Waals surface area contributed by atoms with E-state index in [1.54, 1.807) is 12.1 Å². The van der Waals surface area contributed by atoms with E-state index in [0.717, 1.165) is 34.5 Å². The number of esters is 1. The Kier molecular flexibility index (Phi) is 7.27. The van der Waals surface area contributed by atoms with E-state index in [1.165, 1.54) is 17.7 Å². The second-order valence-corrected chi connectivity index (χ2v) is 8.62. The number of aromatic nitrogens is 1. The molecule has 0 bridgehead atoms. The van der Waals surface area contributed by atoms with Gasteiger partial charge in [-0.25, -0.2) is 9.18 Å². The molecule has 0 aliphatic heterocycles. The van der Waals surface area contributed by atoms with Gasteiger partial charge in [0, 0.05) is 17.8 Å². The van der Waals surface area contributed by atoms with Crippen molar-refractivity contribution in [1.29, 1.82) is 0 Å². The van der Waals surface area contributed by atoms with Crippen molar-refractivity contribution in [2.24, 2.45) is 0 Å². The Bertz CT molecular complexity index is 1240. The summed E-state index contributed by atoms with van der Waals surface area (Å²) in [7, 11) is 0. The third kappa shape index (κ3) is 4.81. The maximum atomic E-state index is 13.9. The standard InChI is InChI=1S/C30H30FNO2/c1-4-34-30(33)27-26(23-13-9-6-10-14-23)29(24-15-17-25(31)18-16-24)32(28(27)21(2)3)20-19-22-11-7-5-8-12-22/h5-18,21H,4,19-20H2,1-3H3. The second kappa shape index (κ2) is 10.5. The monoisotopic (exact) mass is 455 g/mol. The highest BCUT2D eigenvalue weighted by Crippen LogP contribution is 2.42. The number of aryl methyl sites for hydroxylation is 1. The van der Waals surface area contributed by atoms with E-state index in [9.17, 15) is 9.18 Å². The molecule has 0 aliphatic carbocycles. The fourth-order valence-electron chi connectivity index (χ4n) is 4.56. The molecule has 0 amide bonds. The van der Waals surface area contributed by atoms with Crippen molar-refractivity contribution in [3.63, 3.8) is 0 Å². The van der Waals surface area contributed by atoms with Crippen LogP contribution >= 0.6 is 0 Å². The van der Waals surface area contributed by atoms with Crippen LogP contribution in [-0.2, 0) is 17.7 Å². The van der Waals surface area contributed by atoms with Gasteiger partial charge < -0.3 is 9.30 Å². The molecule has 3 nitrogen and oxygen atoms in total. The van der Waals surface area contributed by atoms with Gasteiger partial charge in [-0.15, -0.1) is 0 Å². The normalized spacial score (nSPS) is 11.1. The molecule has 4 heteroatoms. The van der Waals surface area contributed by atoms with E-state index in [-0.39, 0.29) is 17.7 Å². The molecule has 3 aromatic carbocycles. The Balaban J connectivity index is 2.02. The van der Waals surface area contributed by atoms with Crippen LogP contribution in [-0.4, -0.2) is 17.1 Å². The number of carbonyl (C=O) groups is 1. The average molecular weight is 456 g/mol. The first-order chi connectivity index (χ1) is 16.5. The molecular weight excluding hydrogens is 425 g/mol. The molecule has 0 atom stereocenters. The number of nitrogens with zero attached hydrogens (tertiary/aromatic N) is 1. The summed E-state index contributed by atoms with van der Waals surface area (Å²) in [6.07, 6.45) is 0.805. The van der Waals surface area contributed by atoms with E-state index in [1.807, 2.05) is 55.5 Å². The third-order valence-electron chi connectivity index (χ3n) is 5.98. The Morgan fingerprint density at radius 2 is 1.50 bits per heavy atom. The van der Waals surface area contributed by atoms with E-state index < -0.39 is 0 Å². The Morgan fingerprint density at radius 3 is 2.09 bits per heavy atom. The lowest BCUT2D eigenvalue weighted by atomic mass is 9.95. The van der Waals surface area contributed by atoms with Gasteiger partial charge in [0.05, 0.1) is 17.9 Å². The van der Waals surface area contributed by atoms with Crippen molar-refractivity contribution in [2.75, 3.05) is 6.61 Å². The predicted octanol–water partition coefficient (Wildman–Crippen LogP) is 7.50. The van der Waals surface area contributed by atoms with E-state index in [2.05, 4.69) is 30.5 Å². The zero-order chi connectivity index (χ0) is 24.1. The summed E-state index contributed by atoms with van der Waals surface area (Å²) in [4.78, 5) is 13.4. The van der Waals surface area contributed by atoms with Gasteiger partial charge in [-0.3, -0.25) is 0 Å². The quantitative estimate of drug-likeness (QED) is 0.258. The lowest BCUT2D eigenvalue weighted by molar-refractivity contribution is 0.0525. The average Bonchev–Trinajstić information content (AvgIpc) is 3.20. The number of ether oxygens (including phenoxy) is 1. The predicted molar refractivity (Wildman–Crippen MR) is 135 cm³/mol. The highest BCUT2D eigenvalue weighted by Gasteiger charge is 2.31. The molecule has 4 aromatic rings. The topological polar surface area (TPSA) is 31.2 Å². The molecule has 34 heavy (non-hydrogen) atoms. The molecule has 0 aliphatic rings. The summed E-state index contributed by atoms with van der Waals surface area (Å²) in [5.41, 5.74) is 6.30. The summed E-state index contributed by atoms with van der Waals surface area (Å²) in [5.74, 6) is -0.541. The van der Waals surface area contributed by atoms with Crippen molar-refractivity contribution in [2.45, 2.75) is 39.7 Å². The summed E-state index contributed by atoms with van der Waals surface area (Å²) >= 11 is 0. The summed E-state index contributed by atoms with van der Waals surface area (Å²) in [6, 6.07) is 26.7. The molecule has 4 rings (SSSR count). The first-order valence-corrected chi connectivity index (χ1v) is 11.8. The van der Waals surface area contributed by atoms with E-state index in [4.69, 9.17) is 4.74 Å². The first kappa shape index (κ1) is 23.5. The minimum absolute atomic E-state index is 0.0758. The Labute approximate surface area is 200 Å². The Morgan fingerprint density at radius 1 is 0.882 bits per heavy atom. The van der Waals surface area contributed by atoms with Crippen LogP contribution in [0.4, 0.5) is 4.39 Å². The van der Waals surface area contributed by atoms with Gasteiger partial charge >= 0.3 is 5.97 Å². The van der Waals surface area contributed by atoms with Crippen molar-refractivity contribution in [3.8, 4) is 22.4 Å². The summed E-state index contributed by atoms with van der Waals surface area (Å²) in [6.45, 7) is 7.00. The maximum Gasteiger partial charge on any atom is 0.340 e. The highest BCUT2D eigenvalue weighted by atomic mass is 19.1. The number of rotatable bonds is 8. The minimum Gasteiger partial charge on any atom is -0.462 e. The van der Waals surface area contributed by atoms with Gasteiger partial charge in [-0.2, -0.15) is 0 Å². The van der Waals surface area contributed by atoms with Gasteiger partial charge in [0.25, 0.3) is 0 Å². The molecule has 1 aromatic heterocycles. The van der Waals surface area contributed by atoms with Crippen LogP contribution in [0.1, 0.15) is 48.3 Å². The number of halogens is 1. The van der Waals surface area contributed by atoms with Crippen molar-refractivity contribution < 1.29 is 13.9 Å². The SMILES string of the molecule is CCOC(=O)c1c(-c2ccccc2)c(-c2ccc(F)cc2)n(CCc2ccccc2)c1C(C)C. The zero-order valence-electron chi connectivity index (χ0n) is 19.9. The summed E-state index contributed by atoms with van der Waals surface area (Å²) < 4.78 is 21.6.